The van der Waals surface area contributed by atoms with Crippen molar-refractivity contribution in [3.05, 3.63) is 35.4 Å². The molecule has 0 aliphatic heterocycles. The molecule has 0 radical (unpaired) electrons. The van der Waals surface area contributed by atoms with Gasteiger partial charge in [-0.3, -0.25) is 4.79 Å². The molecule has 1 amide bonds. The minimum absolute atomic E-state index is 0.142. The van der Waals surface area contributed by atoms with Gasteiger partial charge in [0, 0.05) is 13.2 Å². The maximum Gasteiger partial charge on any atom is 0.236 e. The predicted octanol–water partition coefficient (Wildman–Crippen LogP) is 1.19. The zero-order valence-corrected chi connectivity index (χ0v) is 10.4. The number of carbonyl (C=O) groups is 1. The standard InChI is InChI=1S/C13H20N2O2/c1-3-17-9-12-7-5-4-6-11(12)8-15-13(16)10(2)14/h4-7,10H,3,8-9,14H2,1-2H3,(H,15,16)/t10-/m1/s1. The summed E-state index contributed by atoms with van der Waals surface area (Å²) in [5.74, 6) is -0.142. The molecule has 0 aromatic heterocycles. The van der Waals surface area contributed by atoms with E-state index in [0.29, 0.717) is 19.8 Å². The third-order valence-electron chi connectivity index (χ3n) is 2.45. The quantitative estimate of drug-likeness (QED) is 0.779. The second-order valence-corrected chi connectivity index (χ2v) is 3.91. The fourth-order valence-electron chi connectivity index (χ4n) is 1.43. The maximum absolute atomic E-state index is 11.4. The van der Waals surface area contributed by atoms with Gasteiger partial charge in [0.05, 0.1) is 12.6 Å². The zero-order chi connectivity index (χ0) is 12.7. The zero-order valence-electron chi connectivity index (χ0n) is 10.4. The summed E-state index contributed by atoms with van der Waals surface area (Å²) in [6, 6.07) is 7.42. The number of benzene rings is 1. The van der Waals surface area contributed by atoms with Gasteiger partial charge >= 0.3 is 0 Å². The summed E-state index contributed by atoms with van der Waals surface area (Å²) in [6.45, 7) is 5.37. The Kier molecular flexibility index (Phi) is 5.66. The molecule has 0 saturated heterocycles. The van der Waals surface area contributed by atoms with Crippen LogP contribution in [0.15, 0.2) is 24.3 Å². The lowest BCUT2D eigenvalue weighted by atomic mass is 10.1. The van der Waals surface area contributed by atoms with Crippen molar-refractivity contribution in [2.75, 3.05) is 6.61 Å². The summed E-state index contributed by atoms with van der Waals surface area (Å²) in [4.78, 5) is 11.4. The molecule has 0 bridgehead atoms. The lowest BCUT2D eigenvalue weighted by molar-refractivity contribution is -0.122. The van der Waals surface area contributed by atoms with Gasteiger partial charge in [0.15, 0.2) is 0 Å². The molecule has 0 heterocycles. The minimum Gasteiger partial charge on any atom is -0.377 e. The van der Waals surface area contributed by atoms with Gasteiger partial charge in [-0.15, -0.1) is 0 Å². The number of nitrogens with one attached hydrogen (secondary N) is 1. The van der Waals surface area contributed by atoms with Crippen LogP contribution in [0.2, 0.25) is 0 Å². The molecule has 0 aliphatic carbocycles. The first-order valence-electron chi connectivity index (χ1n) is 5.83. The fourth-order valence-corrected chi connectivity index (χ4v) is 1.43. The maximum atomic E-state index is 11.4. The third-order valence-corrected chi connectivity index (χ3v) is 2.45. The average Bonchev–Trinajstić information content (AvgIpc) is 2.34. The van der Waals surface area contributed by atoms with Gasteiger partial charge in [0.1, 0.15) is 0 Å². The Morgan fingerprint density at radius 1 is 1.41 bits per heavy atom. The van der Waals surface area contributed by atoms with Crippen LogP contribution in [0, 0.1) is 0 Å². The largest absolute Gasteiger partial charge is 0.377 e. The van der Waals surface area contributed by atoms with E-state index in [1.807, 2.05) is 31.2 Å². The Hall–Kier alpha value is -1.39. The summed E-state index contributed by atoms with van der Waals surface area (Å²) < 4.78 is 5.38. The lowest BCUT2D eigenvalue weighted by Crippen LogP contribution is -2.37. The van der Waals surface area contributed by atoms with Gasteiger partial charge in [0.25, 0.3) is 0 Å². The minimum atomic E-state index is -0.478. The Morgan fingerprint density at radius 3 is 2.65 bits per heavy atom. The molecule has 1 atom stereocenters. The molecular weight excluding hydrogens is 216 g/mol. The van der Waals surface area contributed by atoms with Crippen LogP contribution in [-0.4, -0.2) is 18.6 Å². The van der Waals surface area contributed by atoms with Gasteiger partial charge < -0.3 is 15.8 Å². The lowest BCUT2D eigenvalue weighted by Gasteiger charge is -2.11. The van der Waals surface area contributed by atoms with E-state index >= 15 is 0 Å². The first-order valence-corrected chi connectivity index (χ1v) is 5.83. The van der Waals surface area contributed by atoms with E-state index in [-0.39, 0.29) is 5.91 Å². The van der Waals surface area contributed by atoms with Crippen molar-refractivity contribution in [1.82, 2.24) is 5.32 Å². The smallest absolute Gasteiger partial charge is 0.236 e. The van der Waals surface area contributed by atoms with Crippen LogP contribution in [0.5, 0.6) is 0 Å². The normalized spacial score (nSPS) is 12.2. The molecule has 94 valence electrons. The van der Waals surface area contributed by atoms with Crippen molar-refractivity contribution in [1.29, 1.82) is 0 Å². The van der Waals surface area contributed by atoms with Crippen molar-refractivity contribution < 1.29 is 9.53 Å². The van der Waals surface area contributed by atoms with Gasteiger partial charge in [-0.1, -0.05) is 24.3 Å². The molecular formula is C13H20N2O2. The Balaban J connectivity index is 2.60. The third kappa shape index (κ3) is 4.54. The number of hydrogen-bond donors (Lipinski definition) is 2. The van der Waals surface area contributed by atoms with Crippen LogP contribution >= 0.6 is 0 Å². The Labute approximate surface area is 102 Å². The van der Waals surface area contributed by atoms with Crippen molar-refractivity contribution >= 4 is 5.91 Å². The molecule has 3 N–H and O–H groups in total. The van der Waals surface area contributed by atoms with E-state index in [1.165, 1.54) is 0 Å². The van der Waals surface area contributed by atoms with Crippen molar-refractivity contribution in [3.8, 4) is 0 Å². The molecule has 17 heavy (non-hydrogen) atoms. The van der Waals surface area contributed by atoms with Gasteiger partial charge in [0.2, 0.25) is 5.91 Å². The second-order valence-electron chi connectivity index (χ2n) is 3.91. The Morgan fingerprint density at radius 2 is 2.06 bits per heavy atom. The summed E-state index contributed by atoms with van der Waals surface area (Å²) in [5, 5.41) is 2.80. The van der Waals surface area contributed by atoms with E-state index in [2.05, 4.69) is 5.32 Å². The molecule has 1 rings (SSSR count). The first kappa shape index (κ1) is 13.7. The number of rotatable bonds is 6. The van der Waals surface area contributed by atoms with Gasteiger partial charge in [-0.05, 0) is 25.0 Å². The Bertz CT molecular complexity index is 364. The molecule has 0 spiro atoms. The topological polar surface area (TPSA) is 64.3 Å². The van der Waals surface area contributed by atoms with Crippen LogP contribution in [-0.2, 0) is 22.7 Å². The molecule has 1 aromatic rings. The van der Waals surface area contributed by atoms with Crippen molar-refractivity contribution in [2.45, 2.75) is 33.0 Å². The summed E-state index contributed by atoms with van der Waals surface area (Å²) >= 11 is 0. The molecule has 0 aliphatic rings. The molecule has 0 fully saturated rings. The average molecular weight is 236 g/mol. The van der Waals surface area contributed by atoms with E-state index in [9.17, 15) is 4.79 Å². The number of amides is 1. The van der Waals surface area contributed by atoms with Crippen LogP contribution in [0.4, 0.5) is 0 Å². The highest BCUT2D eigenvalue weighted by Gasteiger charge is 2.08. The van der Waals surface area contributed by atoms with E-state index < -0.39 is 6.04 Å². The summed E-state index contributed by atoms with van der Waals surface area (Å²) in [7, 11) is 0. The molecule has 1 aromatic carbocycles. The summed E-state index contributed by atoms with van der Waals surface area (Å²) in [6.07, 6.45) is 0. The first-order chi connectivity index (χ1) is 8.15. The van der Waals surface area contributed by atoms with E-state index in [4.69, 9.17) is 10.5 Å². The number of hydrogen-bond acceptors (Lipinski definition) is 3. The molecule has 0 unspecified atom stereocenters. The number of nitrogens with two attached hydrogens (primary N) is 1. The van der Waals surface area contributed by atoms with Crippen molar-refractivity contribution in [3.63, 3.8) is 0 Å². The second kappa shape index (κ2) is 7.04. The summed E-state index contributed by atoms with van der Waals surface area (Å²) in [5.41, 5.74) is 7.64. The predicted molar refractivity (Wildman–Crippen MR) is 67.3 cm³/mol. The molecule has 4 heteroatoms. The highest BCUT2D eigenvalue weighted by Crippen LogP contribution is 2.09. The van der Waals surface area contributed by atoms with Gasteiger partial charge in [-0.25, -0.2) is 0 Å². The van der Waals surface area contributed by atoms with Gasteiger partial charge in [-0.2, -0.15) is 0 Å². The van der Waals surface area contributed by atoms with Crippen LogP contribution in [0.3, 0.4) is 0 Å². The van der Waals surface area contributed by atoms with Crippen LogP contribution in [0.1, 0.15) is 25.0 Å². The fraction of sp³-hybridized carbons (Fsp3) is 0.462. The highest BCUT2D eigenvalue weighted by atomic mass is 16.5. The van der Waals surface area contributed by atoms with Crippen LogP contribution in [0.25, 0.3) is 0 Å². The molecule has 0 saturated carbocycles. The molecule has 4 nitrogen and oxygen atoms in total. The van der Waals surface area contributed by atoms with Crippen molar-refractivity contribution in [2.24, 2.45) is 5.73 Å². The monoisotopic (exact) mass is 236 g/mol. The number of ether oxygens (including phenoxy) is 1. The highest BCUT2D eigenvalue weighted by molar-refractivity contribution is 5.80. The van der Waals surface area contributed by atoms with E-state index in [0.717, 1.165) is 11.1 Å². The number of carbonyl (C=O) groups excluding carboxylic acids is 1. The van der Waals surface area contributed by atoms with E-state index in [1.54, 1.807) is 6.92 Å². The SMILES string of the molecule is CCOCc1ccccc1CNC(=O)[C@@H](C)N. The van der Waals surface area contributed by atoms with Crippen LogP contribution < -0.4 is 11.1 Å².